The summed E-state index contributed by atoms with van der Waals surface area (Å²) in [6.07, 6.45) is 2.13. The van der Waals surface area contributed by atoms with Crippen molar-refractivity contribution >= 4 is 11.3 Å². The topological polar surface area (TPSA) is 37.8 Å². The van der Waals surface area contributed by atoms with E-state index in [1.165, 1.54) is 5.01 Å². The zero-order valence-corrected chi connectivity index (χ0v) is 8.02. The van der Waals surface area contributed by atoms with Gasteiger partial charge in [0, 0.05) is 6.42 Å². The van der Waals surface area contributed by atoms with Crippen LogP contribution in [0.3, 0.4) is 0 Å². The number of aromatic nitrogens is 2. The molecule has 0 atom stereocenters. The third kappa shape index (κ3) is 1.64. The van der Waals surface area contributed by atoms with Crippen molar-refractivity contribution in [3.63, 3.8) is 0 Å². The molecule has 3 nitrogen and oxygen atoms in total. The maximum absolute atomic E-state index is 4.15. The molecule has 4 heteroatoms. The summed E-state index contributed by atoms with van der Waals surface area (Å²) in [6, 6.07) is 0. The lowest BCUT2D eigenvalue weighted by Gasteiger charge is -2.25. The second-order valence-corrected chi connectivity index (χ2v) is 4.32. The number of hydrogen-bond acceptors (Lipinski definition) is 4. The van der Waals surface area contributed by atoms with Gasteiger partial charge in [-0.05, 0) is 25.4 Å². The van der Waals surface area contributed by atoms with Gasteiger partial charge in [0.25, 0.3) is 0 Å². The lowest BCUT2D eigenvalue weighted by Crippen LogP contribution is -2.43. The van der Waals surface area contributed by atoms with E-state index >= 15 is 0 Å². The minimum atomic E-state index is 0.808. The fraction of sp³-hybridized carbons (Fsp3) is 0.750. The van der Waals surface area contributed by atoms with Crippen LogP contribution in [0.5, 0.6) is 0 Å². The molecule has 0 spiro atoms. The summed E-state index contributed by atoms with van der Waals surface area (Å²) in [5, 5.41) is 13.9. The standard InChI is InChI=1S/C8H13N3S/c1-2-7-10-11-8(12-7)3-6-4-9-5-6/h6,9H,2-5H2,1H3. The molecule has 0 aromatic carbocycles. The molecule has 1 aromatic rings. The minimum Gasteiger partial charge on any atom is -0.316 e. The Morgan fingerprint density at radius 2 is 2.17 bits per heavy atom. The number of aryl methyl sites for hydroxylation is 1. The summed E-state index contributed by atoms with van der Waals surface area (Å²) in [5.74, 6) is 0.808. The first-order chi connectivity index (χ1) is 5.88. The molecule has 0 amide bonds. The fourth-order valence-corrected chi connectivity index (χ4v) is 2.15. The predicted octanol–water partition coefficient (Wildman–Crippen LogP) is 0.862. The van der Waals surface area contributed by atoms with E-state index < -0.39 is 0 Å². The van der Waals surface area contributed by atoms with E-state index in [4.69, 9.17) is 0 Å². The number of rotatable bonds is 3. The zero-order chi connectivity index (χ0) is 8.39. The van der Waals surface area contributed by atoms with Gasteiger partial charge in [0.2, 0.25) is 0 Å². The van der Waals surface area contributed by atoms with Crippen molar-refractivity contribution < 1.29 is 0 Å². The molecule has 1 aromatic heterocycles. The fourth-order valence-electron chi connectivity index (χ4n) is 1.25. The highest BCUT2D eigenvalue weighted by molar-refractivity contribution is 7.11. The summed E-state index contributed by atoms with van der Waals surface area (Å²) >= 11 is 1.76. The number of nitrogens with one attached hydrogen (secondary N) is 1. The Labute approximate surface area is 76.2 Å². The van der Waals surface area contributed by atoms with E-state index in [1.807, 2.05) is 0 Å². The van der Waals surface area contributed by atoms with Gasteiger partial charge in [-0.2, -0.15) is 0 Å². The lowest BCUT2D eigenvalue weighted by atomic mass is 10.0. The summed E-state index contributed by atoms with van der Waals surface area (Å²) in [5.41, 5.74) is 0. The van der Waals surface area contributed by atoms with E-state index in [0.717, 1.165) is 36.9 Å². The first-order valence-electron chi connectivity index (χ1n) is 4.40. The summed E-state index contributed by atoms with van der Waals surface area (Å²) in [4.78, 5) is 0. The maximum atomic E-state index is 4.15. The number of nitrogens with zero attached hydrogens (tertiary/aromatic N) is 2. The van der Waals surface area contributed by atoms with Crippen molar-refractivity contribution in [2.75, 3.05) is 13.1 Å². The highest BCUT2D eigenvalue weighted by atomic mass is 32.1. The quantitative estimate of drug-likeness (QED) is 0.755. The van der Waals surface area contributed by atoms with Gasteiger partial charge in [-0.1, -0.05) is 6.92 Å². The monoisotopic (exact) mass is 183 g/mol. The van der Waals surface area contributed by atoms with Crippen LogP contribution in [0.2, 0.25) is 0 Å². The average Bonchev–Trinajstić information content (AvgIpc) is 2.44. The van der Waals surface area contributed by atoms with E-state index in [2.05, 4.69) is 22.4 Å². The van der Waals surface area contributed by atoms with Crippen molar-refractivity contribution in [3.05, 3.63) is 10.0 Å². The molecular formula is C8H13N3S. The molecule has 0 saturated carbocycles. The molecule has 66 valence electrons. The second-order valence-electron chi connectivity index (χ2n) is 3.17. The minimum absolute atomic E-state index is 0.808. The van der Waals surface area contributed by atoms with Crippen LogP contribution in [0.25, 0.3) is 0 Å². The smallest absolute Gasteiger partial charge is 0.117 e. The SMILES string of the molecule is CCc1nnc(CC2CNC2)s1. The van der Waals surface area contributed by atoms with Crippen LogP contribution in [0.4, 0.5) is 0 Å². The Balaban J connectivity index is 1.93. The summed E-state index contributed by atoms with van der Waals surface area (Å²) in [7, 11) is 0. The van der Waals surface area contributed by atoms with Gasteiger partial charge in [-0.15, -0.1) is 21.5 Å². The molecule has 2 heterocycles. The molecule has 0 bridgehead atoms. The Hall–Kier alpha value is -0.480. The van der Waals surface area contributed by atoms with Crippen LogP contribution in [0.1, 0.15) is 16.9 Å². The molecule has 2 rings (SSSR count). The van der Waals surface area contributed by atoms with Crippen LogP contribution in [0, 0.1) is 5.92 Å². The predicted molar refractivity (Wildman–Crippen MR) is 49.4 cm³/mol. The Morgan fingerprint density at radius 3 is 2.67 bits per heavy atom. The van der Waals surface area contributed by atoms with Gasteiger partial charge >= 0.3 is 0 Å². The van der Waals surface area contributed by atoms with Gasteiger partial charge in [0.1, 0.15) is 10.0 Å². The normalized spacial score (nSPS) is 17.8. The third-order valence-electron chi connectivity index (χ3n) is 2.14. The first kappa shape index (κ1) is 8.13. The summed E-state index contributed by atoms with van der Waals surface area (Å²) < 4.78 is 0. The Kier molecular flexibility index (Phi) is 2.37. The highest BCUT2D eigenvalue weighted by Crippen LogP contribution is 2.16. The van der Waals surface area contributed by atoms with Gasteiger partial charge in [0.05, 0.1) is 0 Å². The first-order valence-corrected chi connectivity index (χ1v) is 5.22. The molecule has 0 aliphatic carbocycles. The molecule has 12 heavy (non-hydrogen) atoms. The van der Waals surface area contributed by atoms with E-state index in [0.29, 0.717) is 0 Å². The molecule has 1 fully saturated rings. The maximum Gasteiger partial charge on any atom is 0.117 e. The lowest BCUT2D eigenvalue weighted by molar-refractivity contribution is 0.345. The van der Waals surface area contributed by atoms with Crippen LogP contribution < -0.4 is 5.32 Å². The van der Waals surface area contributed by atoms with Crippen molar-refractivity contribution in [1.82, 2.24) is 15.5 Å². The van der Waals surface area contributed by atoms with Gasteiger partial charge in [-0.25, -0.2) is 0 Å². The number of hydrogen-bond donors (Lipinski definition) is 1. The highest BCUT2D eigenvalue weighted by Gasteiger charge is 2.18. The molecule has 1 saturated heterocycles. The Bertz CT molecular complexity index is 255. The van der Waals surface area contributed by atoms with E-state index in [1.54, 1.807) is 11.3 Å². The average molecular weight is 183 g/mol. The molecule has 1 aliphatic heterocycles. The van der Waals surface area contributed by atoms with Crippen LogP contribution in [0.15, 0.2) is 0 Å². The largest absolute Gasteiger partial charge is 0.316 e. The van der Waals surface area contributed by atoms with Gasteiger partial charge in [-0.3, -0.25) is 0 Å². The van der Waals surface area contributed by atoms with Crippen molar-refractivity contribution in [1.29, 1.82) is 0 Å². The second kappa shape index (κ2) is 3.49. The van der Waals surface area contributed by atoms with Gasteiger partial charge < -0.3 is 5.32 Å². The zero-order valence-electron chi connectivity index (χ0n) is 7.21. The van der Waals surface area contributed by atoms with Crippen molar-refractivity contribution in [2.24, 2.45) is 5.92 Å². The van der Waals surface area contributed by atoms with Crippen molar-refractivity contribution in [2.45, 2.75) is 19.8 Å². The third-order valence-corrected chi connectivity index (χ3v) is 3.23. The molecule has 1 aliphatic rings. The molecule has 1 N–H and O–H groups in total. The van der Waals surface area contributed by atoms with E-state index in [9.17, 15) is 0 Å². The molecule has 0 radical (unpaired) electrons. The molecule has 0 unspecified atom stereocenters. The Morgan fingerprint density at radius 1 is 1.42 bits per heavy atom. The summed E-state index contributed by atoms with van der Waals surface area (Å²) in [6.45, 7) is 4.43. The van der Waals surface area contributed by atoms with Crippen LogP contribution in [-0.2, 0) is 12.8 Å². The van der Waals surface area contributed by atoms with Crippen molar-refractivity contribution in [3.8, 4) is 0 Å². The molecular weight excluding hydrogens is 170 g/mol. The van der Waals surface area contributed by atoms with Crippen LogP contribution >= 0.6 is 11.3 Å². The van der Waals surface area contributed by atoms with Crippen LogP contribution in [-0.4, -0.2) is 23.3 Å². The van der Waals surface area contributed by atoms with Gasteiger partial charge in [0.15, 0.2) is 0 Å². The van der Waals surface area contributed by atoms with E-state index in [-0.39, 0.29) is 0 Å².